The molecule has 0 radical (unpaired) electrons. The fraction of sp³-hybridized carbons (Fsp3) is 0.250. The Bertz CT molecular complexity index is 770. The SMILES string of the molecule is Cc1cc(C)cc(Nc2ncnc3sc(C)c(C)c23)c1. The summed E-state index contributed by atoms with van der Waals surface area (Å²) in [4.78, 5) is 11.1. The van der Waals surface area contributed by atoms with Crippen LogP contribution in [-0.2, 0) is 0 Å². The Kier molecular flexibility index (Phi) is 3.18. The van der Waals surface area contributed by atoms with Crippen molar-refractivity contribution < 1.29 is 0 Å². The van der Waals surface area contributed by atoms with E-state index < -0.39 is 0 Å². The van der Waals surface area contributed by atoms with Gasteiger partial charge in [0.25, 0.3) is 0 Å². The van der Waals surface area contributed by atoms with Gasteiger partial charge >= 0.3 is 0 Å². The normalized spacial score (nSPS) is 11.0. The fourth-order valence-corrected chi connectivity index (χ4v) is 3.46. The molecule has 0 aliphatic rings. The third kappa shape index (κ3) is 2.27. The highest BCUT2D eigenvalue weighted by Gasteiger charge is 2.12. The van der Waals surface area contributed by atoms with E-state index in [1.807, 2.05) is 0 Å². The smallest absolute Gasteiger partial charge is 0.142 e. The number of rotatable bonds is 2. The molecular weight excluding hydrogens is 266 g/mol. The number of aromatic nitrogens is 2. The molecule has 3 rings (SSSR count). The molecule has 0 fully saturated rings. The highest BCUT2D eigenvalue weighted by atomic mass is 32.1. The first-order valence-corrected chi connectivity index (χ1v) is 7.42. The Morgan fingerprint density at radius 1 is 0.950 bits per heavy atom. The van der Waals surface area contributed by atoms with Crippen molar-refractivity contribution in [1.82, 2.24) is 9.97 Å². The molecule has 0 bridgehead atoms. The van der Waals surface area contributed by atoms with Crippen LogP contribution in [-0.4, -0.2) is 9.97 Å². The number of nitrogens with one attached hydrogen (secondary N) is 1. The molecule has 3 aromatic rings. The third-order valence-electron chi connectivity index (χ3n) is 3.45. The summed E-state index contributed by atoms with van der Waals surface area (Å²) >= 11 is 1.72. The van der Waals surface area contributed by atoms with Crippen LogP contribution in [0.2, 0.25) is 0 Å². The number of nitrogens with zero attached hydrogens (tertiary/aromatic N) is 2. The van der Waals surface area contributed by atoms with Crippen LogP contribution in [0, 0.1) is 27.7 Å². The van der Waals surface area contributed by atoms with E-state index in [0.717, 1.165) is 21.7 Å². The molecule has 2 aromatic heterocycles. The molecule has 3 nitrogen and oxygen atoms in total. The number of hydrogen-bond donors (Lipinski definition) is 1. The quantitative estimate of drug-likeness (QED) is 0.742. The van der Waals surface area contributed by atoms with Gasteiger partial charge in [-0.2, -0.15) is 0 Å². The lowest BCUT2D eigenvalue weighted by atomic mass is 10.1. The van der Waals surface area contributed by atoms with Gasteiger partial charge in [0.2, 0.25) is 0 Å². The molecule has 20 heavy (non-hydrogen) atoms. The number of anilines is 2. The van der Waals surface area contributed by atoms with Gasteiger partial charge in [-0.05, 0) is 56.5 Å². The van der Waals surface area contributed by atoms with Crippen LogP contribution in [0.15, 0.2) is 24.5 Å². The van der Waals surface area contributed by atoms with Gasteiger partial charge in [0.1, 0.15) is 17.0 Å². The van der Waals surface area contributed by atoms with Gasteiger partial charge in [-0.3, -0.25) is 0 Å². The fourth-order valence-electron chi connectivity index (χ4n) is 2.46. The van der Waals surface area contributed by atoms with Crippen molar-refractivity contribution in [3.63, 3.8) is 0 Å². The molecule has 1 aromatic carbocycles. The Morgan fingerprint density at radius 2 is 1.65 bits per heavy atom. The summed E-state index contributed by atoms with van der Waals surface area (Å²) in [6.45, 7) is 8.47. The van der Waals surface area contributed by atoms with E-state index in [2.05, 4.69) is 61.2 Å². The van der Waals surface area contributed by atoms with Crippen LogP contribution < -0.4 is 5.32 Å². The lowest BCUT2D eigenvalue weighted by molar-refractivity contribution is 1.22. The second-order valence-corrected chi connectivity index (χ2v) is 6.39. The van der Waals surface area contributed by atoms with Crippen LogP contribution in [0.3, 0.4) is 0 Å². The average molecular weight is 283 g/mol. The first kappa shape index (κ1) is 13.1. The summed E-state index contributed by atoms with van der Waals surface area (Å²) in [6, 6.07) is 6.44. The van der Waals surface area contributed by atoms with Gasteiger partial charge in [-0.1, -0.05) is 6.07 Å². The Balaban J connectivity index is 2.10. The van der Waals surface area contributed by atoms with Crippen molar-refractivity contribution in [3.05, 3.63) is 46.1 Å². The van der Waals surface area contributed by atoms with Crippen LogP contribution >= 0.6 is 11.3 Å². The van der Waals surface area contributed by atoms with Crippen molar-refractivity contribution in [2.45, 2.75) is 27.7 Å². The summed E-state index contributed by atoms with van der Waals surface area (Å²) in [5.41, 5.74) is 4.83. The molecule has 0 aliphatic carbocycles. The highest BCUT2D eigenvalue weighted by molar-refractivity contribution is 7.18. The number of thiophene rings is 1. The number of fused-ring (bicyclic) bond motifs is 1. The maximum atomic E-state index is 4.42. The van der Waals surface area contributed by atoms with Gasteiger partial charge in [-0.25, -0.2) is 9.97 Å². The highest BCUT2D eigenvalue weighted by Crippen LogP contribution is 2.33. The van der Waals surface area contributed by atoms with E-state index in [4.69, 9.17) is 0 Å². The zero-order valence-electron chi connectivity index (χ0n) is 12.1. The standard InChI is InChI=1S/C16H17N3S/c1-9-5-10(2)7-13(6-9)19-15-14-11(3)12(4)20-16(14)18-8-17-15/h5-8H,1-4H3,(H,17,18,19). The molecule has 0 atom stereocenters. The molecule has 0 unspecified atom stereocenters. The van der Waals surface area contributed by atoms with Crippen molar-refractivity contribution in [1.29, 1.82) is 0 Å². The second-order valence-electron chi connectivity index (χ2n) is 5.19. The lowest BCUT2D eigenvalue weighted by Crippen LogP contribution is -1.96. The second kappa shape index (κ2) is 4.87. The van der Waals surface area contributed by atoms with Gasteiger partial charge in [0, 0.05) is 10.6 Å². The minimum Gasteiger partial charge on any atom is -0.340 e. The Labute approximate surface area is 122 Å². The third-order valence-corrected chi connectivity index (χ3v) is 4.57. The minimum absolute atomic E-state index is 0.891. The van der Waals surface area contributed by atoms with E-state index in [1.165, 1.54) is 21.6 Å². The molecule has 4 heteroatoms. The first-order valence-electron chi connectivity index (χ1n) is 6.60. The average Bonchev–Trinajstić information content (AvgIpc) is 2.65. The van der Waals surface area contributed by atoms with Crippen LogP contribution in [0.25, 0.3) is 10.2 Å². The van der Waals surface area contributed by atoms with E-state index in [9.17, 15) is 0 Å². The molecule has 0 amide bonds. The molecule has 0 saturated carbocycles. The zero-order chi connectivity index (χ0) is 14.3. The number of hydrogen-bond acceptors (Lipinski definition) is 4. The molecule has 1 N–H and O–H groups in total. The predicted octanol–water partition coefficient (Wildman–Crippen LogP) is 4.67. The molecular formula is C16H17N3S. The number of benzene rings is 1. The minimum atomic E-state index is 0.891. The van der Waals surface area contributed by atoms with E-state index >= 15 is 0 Å². The summed E-state index contributed by atoms with van der Waals surface area (Å²) in [6.07, 6.45) is 1.63. The number of aryl methyl sites for hydroxylation is 4. The van der Waals surface area contributed by atoms with Crippen molar-refractivity contribution in [3.8, 4) is 0 Å². The summed E-state index contributed by atoms with van der Waals surface area (Å²) in [7, 11) is 0. The lowest BCUT2D eigenvalue weighted by Gasteiger charge is -2.09. The van der Waals surface area contributed by atoms with E-state index in [1.54, 1.807) is 17.7 Å². The predicted molar refractivity (Wildman–Crippen MR) is 86.1 cm³/mol. The maximum absolute atomic E-state index is 4.42. The molecule has 0 saturated heterocycles. The van der Waals surface area contributed by atoms with Crippen LogP contribution in [0.5, 0.6) is 0 Å². The monoisotopic (exact) mass is 283 g/mol. The summed E-state index contributed by atoms with van der Waals surface area (Å²) < 4.78 is 0. The van der Waals surface area contributed by atoms with Crippen LogP contribution in [0.1, 0.15) is 21.6 Å². The maximum Gasteiger partial charge on any atom is 0.142 e. The zero-order valence-corrected chi connectivity index (χ0v) is 12.9. The molecule has 2 heterocycles. The van der Waals surface area contributed by atoms with E-state index in [0.29, 0.717) is 0 Å². The topological polar surface area (TPSA) is 37.8 Å². The Morgan fingerprint density at radius 3 is 2.35 bits per heavy atom. The Hall–Kier alpha value is -1.94. The van der Waals surface area contributed by atoms with Crippen LogP contribution in [0.4, 0.5) is 11.5 Å². The summed E-state index contributed by atoms with van der Waals surface area (Å²) in [5.74, 6) is 0.891. The largest absolute Gasteiger partial charge is 0.340 e. The van der Waals surface area contributed by atoms with Crippen molar-refractivity contribution in [2.24, 2.45) is 0 Å². The van der Waals surface area contributed by atoms with Gasteiger partial charge in [-0.15, -0.1) is 11.3 Å². The molecule has 0 spiro atoms. The van der Waals surface area contributed by atoms with Crippen molar-refractivity contribution in [2.75, 3.05) is 5.32 Å². The van der Waals surface area contributed by atoms with Crippen molar-refractivity contribution >= 4 is 33.1 Å². The van der Waals surface area contributed by atoms with Gasteiger partial charge in [0.15, 0.2) is 0 Å². The molecule has 0 aliphatic heterocycles. The summed E-state index contributed by atoms with van der Waals surface area (Å²) in [5, 5.41) is 4.57. The van der Waals surface area contributed by atoms with E-state index in [-0.39, 0.29) is 0 Å². The van der Waals surface area contributed by atoms with Gasteiger partial charge < -0.3 is 5.32 Å². The van der Waals surface area contributed by atoms with Gasteiger partial charge in [0.05, 0.1) is 5.39 Å². The first-order chi connectivity index (χ1) is 9.54. The molecule has 102 valence electrons.